The van der Waals surface area contributed by atoms with E-state index in [0.717, 1.165) is 6.26 Å². The van der Waals surface area contributed by atoms with E-state index in [-0.39, 0.29) is 12.5 Å². The number of amides is 1. The Labute approximate surface area is 138 Å². The molecule has 0 aliphatic carbocycles. The smallest absolute Gasteiger partial charge is 0.255 e. The average molecular weight is 346 g/mol. The molecule has 0 saturated carbocycles. The maximum absolute atomic E-state index is 12.3. The Hall–Kier alpha value is -2.78. The lowest BCUT2D eigenvalue weighted by atomic mass is 10.2. The van der Waals surface area contributed by atoms with Gasteiger partial charge in [-0.2, -0.15) is 0 Å². The highest BCUT2D eigenvalue weighted by molar-refractivity contribution is 7.88. The first-order chi connectivity index (χ1) is 11.4. The van der Waals surface area contributed by atoms with Gasteiger partial charge in [0.25, 0.3) is 5.91 Å². The molecule has 2 aromatic heterocycles. The third-order valence-electron chi connectivity index (χ3n) is 3.18. The molecule has 8 nitrogen and oxygen atoms in total. The highest BCUT2D eigenvalue weighted by Crippen LogP contribution is 2.18. The summed E-state index contributed by atoms with van der Waals surface area (Å²) >= 11 is 0. The number of fused-ring (bicyclic) bond motifs is 1. The number of pyridine rings is 1. The molecule has 3 rings (SSSR count). The first kappa shape index (κ1) is 16.1. The molecule has 3 aromatic rings. The van der Waals surface area contributed by atoms with Crippen molar-refractivity contribution in [1.82, 2.24) is 14.7 Å². The summed E-state index contributed by atoms with van der Waals surface area (Å²) in [4.78, 5) is 20.4. The van der Waals surface area contributed by atoms with E-state index in [1.54, 1.807) is 24.3 Å². The normalized spacial score (nSPS) is 11.5. The first-order valence-corrected chi connectivity index (χ1v) is 8.84. The van der Waals surface area contributed by atoms with Crippen LogP contribution in [-0.4, -0.2) is 30.5 Å². The summed E-state index contributed by atoms with van der Waals surface area (Å²) in [6.07, 6.45) is 3.85. The quantitative estimate of drug-likeness (QED) is 0.724. The molecule has 0 spiro atoms. The van der Waals surface area contributed by atoms with E-state index in [1.165, 1.54) is 18.7 Å². The minimum absolute atomic E-state index is 0.0187. The summed E-state index contributed by atoms with van der Waals surface area (Å²) in [5.41, 5.74) is 2.66. The van der Waals surface area contributed by atoms with Gasteiger partial charge in [0.2, 0.25) is 10.0 Å². The van der Waals surface area contributed by atoms with Gasteiger partial charge in [-0.1, -0.05) is 0 Å². The van der Waals surface area contributed by atoms with Crippen molar-refractivity contribution in [2.24, 2.45) is 0 Å². The predicted octanol–water partition coefficient (Wildman–Crippen LogP) is 1.52. The van der Waals surface area contributed by atoms with Gasteiger partial charge in [-0.3, -0.25) is 9.78 Å². The highest BCUT2D eigenvalue weighted by atomic mass is 32.2. The molecule has 0 saturated heterocycles. The molecule has 0 atom stereocenters. The summed E-state index contributed by atoms with van der Waals surface area (Å²) < 4.78 is 29.7. The first-order valence-electron chi connectivity index (χ1n) is 6.95. The van der Waals surface area contributed by atoms with Crippen LogP contribution in [0, 0.1) is 0 Å². The molecular formula is C15H14N4O4S. The number of anilines is 1. The monoisotopic (exact) mass is 346 g/mol. The van der Waals surface area contributed by atoms with Crippen molar-refractivity contribution in [1.29, 1.82) is 0 Å². The third kappa shape index (κ3) is 3.94. The fourth-order valence-electron chi connectivity index (χ4n) is 2.06. The van der Waals surface area contributed by atoms with Crippen molar-refractivity contribution in [3.63, 3.8) is 0 Å². The molecule has 0 bridgehead atoms. The van der Waals surface area contributed by atoms with E-state index >= 15 is 0 Å². The van der Waals surface area contributed by atoms with Crippen molar-refractivity contribution in [2.75, 3.05) is 11.6 Å². The second kappa shape index (κ2) is 6.38. The second-order valence-corrected chi connectivity index (χ2v) is 6.95. The molecule has 0 radical (unpaired) electrons. The Morgan fingerprint density at radius 2 is 2.04 bits per heavy atom. The molecule has 9 heteroatoms. The number of nitrogens with zero attached hydrogens (tertiary/aromatic N) is 2. The zero-order valence-corrected chi connectivity index (χ0v) is 13.5. The van der Waals surface area contributed by atoms with Crippen LogP contribution in [0.1, 0.15) is 16.1 Å². The van der Waals surface area contributed by atoms with Crippen LogP contribution >= 0.6 is 0 Å². The van der Waals surface area contributed by atoms with E-state index in [2.05, 4.69) is 20.0 Å². The molecule has 1 amide bonds. The van der Waals surface area contributed by atoms with Crippen molar-refractivity contribution in [3.8, 4) is 0 Å². The van der Waals surface area contributed by atoms with Gasteiger partial charge in [-0.05, 0) is 30.3 Å². The number of rotatable bonds is 5. The van der Waals surface area contributed by atoms with Crippen LogP contribution in [0.5, 0.6) is 0 Å². The van der Waals surface area contributed by atoms with Crippen LogP contribution in [0.15, 0.2) is 47.3 Å². The highest BCUT2D eigenvalue weighted by Gasteiger charge is 2.10. The van der Waals surface area contributed by atoms with E-state index < -0.39 is 10.0 Å². The van der Waals surface area contributed by atoms with E-state index in [9.17, 15) is 13.2 Å². The molecule has 2 heterocycles. The number of hydrogen-bond acceptors (Lipinski definition) is 6. The fraction of sp³-hybridized carbons (Fsp3) is 0.133. The van der Waals surface area contributed by atoms with E-state index in [0.29, 0.717) is 28.0 Å². The molecule has 2 N–H and O–H groups in total. The molecule has 0 aliphatic rings. The van der Waals surface area contributed by atoms with Gasteiger partial charge in [-0.15, -0.1) is 0 Å². The standard InChI is InChI=1S/C15H14N4O4S/c1-24(21,22)18-8-12-6-10(4-5-16-12)15(20)19-11-2-3-14-13(7-11)17-9-23-14/h2-7,9,18H,8H2,1H3,(H,19,20). The Bertz CT molecular complexity index is 997. The zero-order chi connectivity index (χ0) is 17.2. The number of carbonyl (C=O) groups excluding carboxylic acids is 1. The molecule has 1 aromatic carbocycles. The topological polar surface area (TPSA) is 114 Å². The lowest BCUT2D eigenvalue weighted by molar-refractivity contribution is 0.102. The van der Waals surface area contributed by atoms with Crippen LogP contribution < -0.4 is 10.0 Å². The number of benzene rings is 1. The Kier molecular flexibility index (Phi) is 4.28. The zero-order valence-electron chi connectivity index (χ0n) is 12.7. The van der Waals surface area contributed by atoms with Gasteiger partial charge in [0.05, 0.1) is 18.5 Å². The summed E-state index contributed by atoms with van der Waals surface area (Å²) in [6.45, 7) is 0.0187. The largest absolute Gasteiger partial charge is 0.443 e. The Morgan fingerprint density at radius 1 is 1.21 bits per heavy atom. The lowest BCUT2D eigenvalue weighted by Gasteiger charge is -2.07. The van der Waals surface area contributed by atoms with Gasteiger partial charge in [0.15, 0.2) is 12.0 Å². The minimum Gasteiger partial charge on any atom is -0.443 e. The predicted molar refractivity (Wildman–Crippen MR) is 87.9 cm³/mol. The van der Waals surface area contributed by atoms with Crippen LogP contribution in [0.3, 0.4) is 0 Å². The fourth-order valence-corrected chi connectivity index (χ4v) is 2.47. The summed E-state index contributed by atoms with van der Waals surface area (Å²) in [5, 5.41) is 2.75. The van der Waals surface area contributed by atoms with Gasteiger partial charge in [-0.25, -0.2) is 18.1 Å². The number of nitrogens with one attached hydrogen (secondary N) is 2. The van der Waals surface area contributed by atoms with Crippen molar-refractivity contribution in [2.45, 2.75) is 6.54 Å². The molecule has 0 fully saturated rings. The van der Waals surface area contributed by atoms with Crippen molar-refractivity contribution < 1.29 is 17.6 Å². The van der Waals surface area contributed by atoms with E-state index in [1.807, 2.05) is 0 Å². The minimum atomic E-state index is -3.33. The number of oxazole rings is 1. The molecule has 0 aliphatic heterocycles. The van der Waals surface area contributed by atoms with Gasteiger partial charge in [0.1, 0.15) is 5.52 Å². The van der Waals surface area contributed by atoms with Gasteiger partial charge in [0, 0.05) is 17.4 Å². The maximum atomic E-state index is 12.3. The SMILES string of the molecule is CS(=O)(=O)NCc1cc(C(=O)Nc2ccc3ocnc3c2)ccn1. The Morgan fingerprint density at radius 3 is 2.83 bits per heavy atom. The summed E-state index contributed by atoms with van der Waals surface area (Å²) in [6, 6.07) is 8.20. The molecule has 124 valence electrons. The van der Waals surface area contributed by atoms with Crippen LogP contribution in [-0.2, 0) is 16.6 Å². The van der Waals surface area contributed by atoms with Gasteiger partial charge >= 0.3 is 0 Å². The maximum Gasteiger partial charge on any atom is 0.255 e. The summed E-state index contributed by atoms with van der Waals surface area (Å²) in [7, 11) is -3.33. The summed E-state index contributed by atoms with van der Waals surface area (Å²) in [5.74, 6) is -0.333. The second-order valence-electron chi connectivity index (χ2n) is 5.12. The molecule has 24 heavy (non-hydrogen) atoms. The number of hydrogen-bond donors (Lipinski definition) is 2. The average Bonchev–Trinajstić information content (AvgIpc) is 3.00. The van der Waals surface area contributed by atoms with Gasteiger partial charge < -0.3 is 9.73 Å². The van der Waals surface area contributed by atoms with E-state index in [4.69, 9.17) is 4.42 Å². The van der Waals surface area contributed by atoms with Crippen LogP contribution in [0.4, 0.5) is 5.69 Å². The van der Waals surface area contributed by atoms with Crippen LogP contribution in [0.2, 0.25) is 0 Å². The Balaban J connectivity index is 1.74. The molecular weight excluding hydrogens is 332 g/mol. The van der Waals surface area contributed by atoms with Crippen LogP contribution in [0.25, 0.3) is 11.1 Å². The number of sulfonamides is 1. The lowest BCUT2D eigenvalue weighted by Crippen LogP contribution is -2.22. The van der Waals surface area contributed by atoms with Crippen molar-refractivity contribution in [3.05, 3.63) is 54.2 Å². The number of carbonyl (C=O) groups is 1. The number of aromatic nitrogens is 2. The van der Waals surface area contributed by atoms with Crippen molar-refractivity contribution >= 4 is 32.7 Å². The molecule has 0 unspecified atom stereocenters. The third-order valence-corrected chi connectivity index (χ3v) is 3.85.